The fourth-order valence-corrected chi connectivity index (χ4v) is 9.11. The van der Waals surface area contributed by atoms with Gasteiger partial charge in [-0.15, -0.1) is 18.3 Å². The van der Waals surface area contributed by atoms with Crippen LogP contribution in [0.15, 0.2) is 79.9 Å². The third-order valence-corrected chi connectivity index (χ3v) is 11.3. The number of halogens is 1. The number of nitrogens with zero attached hydrogens (tertiary/aromatic N) is 5. The van der Waals surface area contributed by atoms with Gasteiger partial charge >= 0.3 is 5.97 Å². The number of aliphatic hydroxyl groups is 1. The van der Waals surface area contributed by atoms with Crippen LogP contribution in [0.3, 0.4) is 0 Å². The lowest BCUT2D eigenvalue weighted by atomic mass is 9.70. The quantitative estimate of drug-likeness (QED) is 0.0795. The molecule has 0 saturated carbocycles. The highest BCUT2D eigenvalue weighted by Crippen LogP contribution is 2.60. The van der Waals surface area contributed by atoms with E-state index in [-0.39, 0.29) is 61.9 Å². The highest BCUT2D eigenvalue weighted by molar-refractivity contribution is 9.09. The standard InChI is InChI=1S/C39H47BrN6O8/c1-4-6-18-30(48)41-28(23-52-3)33(25-14-8-7-9-15-25)53-38(51)31-32-36(49)45(20-12-13-21-47)35(39(32)22-26(40)34(31)54-39)37(50)44(19-5-2)24-46-29-17-11-10-16-27(29)42-43-46/h4-5,7-11,14-17,26,28,31-35,47H,1-2,6,12-13,18-24H2,3H3,(H,41,48)/t26?,28-,31+,32-,33-,34+,35+,39-/m0/s1. The number of rotatable bonds is 19. The summed E-state index contributed by atoms with van der Waals surface area (Å²) in [5.41, 5.74) is 0.675. The zero-order valence-corrected chi connectivity index (χ0v) is 31.9. The van der Waals surface area contributed by atoms with Gasteiger partial charge in [0.1, 0.15) is 29.9 Å². The van der Waals surface area contributed by atoms with Crippen molar-refractivity contribution in [2.45, 2.75) is 73.5 Å². The van der Waals surface area contributed by atoms with Gasteiger partial charge in [0, 0.05) is 38.1 Å². The van der Waals surface area contributed by atoms with E-state index in [1.54, 1.807) is 33.9 Å². The second-order valence-electron chi connectivity index (χ2n) is 13.9. The average Bonchev–Trinajstić information content (AvgIpc) is 3.90. The number of alkyl halides is 1. The van der Waals surface area contributed by atoms with E-state index in [4.69, 9.17) is 14.2 Å². The molecule has 1 aromatic heterocycles. The Hall–Kier alpha value is -4.44. The third kappa shape index (κ3) is 7.59. The van der Waals surface area contributed by atoms with E-state index in [2.05, 4.69) is 44.7 Å². The summed E-state index contributed by atoms with van der Waals surface area (Å²) in [6, 6.07) is 14.6. The highest BCUT2D eigenvalue weighted by Gasteiger charge is 2.77. The van der Waals surface area contributed by atoms with Crippen molar-refractivity contribution in [3.05, 3.63) is 85.5 Å². The number of ether oxygens (including phenoxy) is 3. The molecule has 3 aromatic rings. The molecule has 0 radical (unpaired) electrons. The molecule has 4 heterocycles. The molecule has 3 amide bonds. The van der Waals surface area contributed by atoms with Gasteiger partial charge in [-0.25, -0.2) is 4.68 Å². The highest BCUT2D eigenvalue weighted by atomic mass is 79.9. The van der Waals surface area contributed by atoms with Crippen molar-refractivity contribution in [2.24, 2.45) is 11.8 Å². The minimum atomic E-state index is -1.35. The van der Waals surface area contributed by atoms with E-state index in [9.17, 15) is 24.3 Å². The number of aliphatic hydroxyl groups excluding tert-OH is 1. The number of carbonyl (C=O) groups is 4. The molecule has 2 aromatic carbocycles. The molecule has 8 atom stereocenters. The number of aromatic nitrogens is 3. The van der Waals surface area contributed by atoms with Gasteiger partial charge in [0.2, 0.25) is 17.7 Å². The summed E-state index contributed by atoms with van der Waals surface area (Å²) in [7, 11) is 1.50. The molecule has 15 heteroatoms. The number of benzene rings is 2. The molecule has 2 N–H and O–H groups in total. The first kappa shape index (κ1) is 39.3. The molecule has 3 aliphatic rings. The van der Waals surface area contributed by atoms with Crippen LogP contribution in [0.4, 0.5) is 0 Å². The van der Waals surface area contributed by atoms with Crippen LogP contribution in [-0.4, -0.2) is 116 Å². The number of amides is 3. The molecule has 2 bridgehead atoms. The van der Waals surface area contributed by atoms with Crippen LogP contribution in [-0.2, 0) is 40.1 Å². The van der Waals surface area contributed by atoms with Crippen molar-refractivity contribution >= 4 is 50.7 Å². The zero-order chi connectivity index (χ0) is 38.4. The lowest BCUT2D eigenvalue weighted by molar-refractivity contribution is -0.163. The van der Waals surface area contributed by atoms with Crippen LogP contribution in [0.2, 0.25) is 0 Å². The number of para-hydroxylation sites is 1. The topological polar surface area (TPSA) is 165 Å². The van der Waals surface area contributed by atoms with Gasteiger partial charge in [-0.1, -0.05) is 75.8 Å². The Labute approximate surface area is 322 Å². The average molecular weight is 808 g/mol. The number of nitrogens with one attached hydrogen (secondary N) is 1. The number of likely N-dealkylation sites (tertiary alicyclic amines) is 1. The summed E-state index contributed by atoms with van der Waals surface area (Å²) in [6.45, 7) is 7.89. The largest absolute Gasteiger partial charge is 0.455 e. The maximum Gasteiger partial charge on any atom is 0.313 e. The van der Waals surface area contributed by atoms with Gasteiger partial charge in [-0.2, -0.15) is 0 Å². The molecule has 3 aliphatic heterocycles. The fourth-order valence-electron chi connectivity index (χ4n) is 8.17. The van der Waals surface area contributed by atoms with E-state index in [1.165, 1.54) is 12.0 Å². The molecular formula is C39H47BrN6O8. The number of carbonyl (C=O) groups excluding carboxylic acids is 4. The summed E-state index contributed by atoms with van der Waals surface area (Å²) < 4.78 is 20.2. The predicted octanol–water partition coefficient (Wildman–Crippen LogP) is 3.31. The number of hydrogen-bond donors (Lipinski definition) is 2. The van der Waals surface area contributed by atoms with Gasteiger partial charge in [-0.05, 0) is 43.4 Å². The van der Waals surface area contributed by atoms with Crippen molar-refractivity contribution in [3.8, 4) is 0 Å². The maximum atomic E-state index is 14.9. The Balaban J connectivity index is 1.34. The van der Waals surface area contributed by atoms with Gasteiger partial charge < -0.3 is 34.4 Å². The monoisotopic (exact) mass is 806 g/mol. The molecule has 1 spiro atoms. The fraction of sp³-hybridized carbons (Fsp3) is 0.487. The summed E-state index contributed by atoms with van der Waals surface area (Å²) in [5, 5.41) is 21.1. The third-order valence-electron chi connectivity index (χ3n) is 10.5. The molecule has 14 nitrogen and oxygen atoms in total. The van der Waals surface area contributed by atoms with Crippen molar-refractivity contribution in [3.63, 3.8) is 0 Å². The molecule has 1 unspecified atom stereocenters. The molecular weight excluding hydrogens is 760 g/mol. The van der Waals surface area contributed by atoms with Crippen LogP contribution in [0, 0.1) is 11.8 Å². The normalized spacial score (nSPS) is 25.3. The number of methoxy groups -OCH3 is 1. The van der Waals surface area contributed by atoms with E-state index in [0.29, 0.717) is 36.8 Å². The number of hydrogen-bond acceptors (Lipinski definition) is 10. The van der Waals surface area contributed by atoms with Gasteiger partial charge in [0.15, 0.2) is 0 Å². The van der Waals surface area contributed by atoms with Crippen molar-refractivity contribution in [1.82, 2.24) is 30.1 Å². The SMILES string of the molecule is C=CCCC(=O)N[C@@H](COC)[C@@H](OC(=O)[C@H]1[C@@H]2O[C@@]3(CC2Br)[C@@H]1C(=O)N(CCCCO)[C@@H]3C(=O)N(CC=C)Cn1nnc2ccccc21)c1ccccc1. The summed E-state index contributed by atoms with van der Waals surface area (Å²) >= 11 is 3.74. The minimum absolute atomic E-state index is 0.0338. The van der Waals surface area contributed by atoms with E-state index in [0.717, 1.165) is 5.52 Å². The summed E-state index contributed by atoms with van der Waals surface area (Å²) in [6.07, 6.45) is 3.33. The summed E-state index contributed by atoms with van der Waals surface area (Å²) in [4.78, 5) is 59.8. The number of fused-ring (bicyclic) bond motifs is 2. The van der Waals surface area contributed by atoms with Crippen molar-refractivity contribution in [1.29, 1.82) is 0 Å². The first-order valence-corrected chi connectivity index (χ1v) is 19.2. The second-order valence-corrected chi connectivity index (χ2v) is 15.1. The van der Waals surface area contributed by atoms with Gasteiger partial charge in [-0.3, -0.25) is 19.2 Å². The lowest BCUT2D eigenvalue weighted by Crippen LogP contribution is -2.57. The molecule has 0 aliphatic carbocycles. The lowest BCUT2D eigenvalue weighted by Gasteiger charge is -2.37. The maximum absolute atomic E-state index is 14.9. The van der Waals surface area contributed by atoms with E-state index >= 15 is 0 Å². The number of unbranched alkanes of at least 4 members (excludes halogenated alkanes) is 1. The number of esters is 1. The molecule has 3 fully saturated rings. The minimum Gasteiger partial charge on any atom is -0.455 e. The smallest absolute Gasteiger partial charge is 0.313 e. The Kier molecular flexibility index (Phi) is 12.6. The predicted molar refractivity (Wildman–Crippen MR) is 202 cm³/mol. The zero-order valence-electron chi connectivity index (χ0n) is 30.3. The van der Waals surface area contributed by atoms with E-state index < -0.39 is 47.7 Å². The molecule has 54 heavy (non-hydrogen) atoms. The van der Waals surface area contributed by atoms with Crippen molar-refractivity contribution in [2.75, 3.05) is 33.4 Å². The molecule has 3 saturated heterocycles. The Morgan fingerprint density at radius 3 is 2.63 bits per heavy atom. The Morgan fingerprint density at radius 1 is 1.15 bits per heavy atom. The van der Waals surface area contributed by atoms with Crippen LogP contribution >= 0.6 is 15.9 Å². The van der Waals surface area contributed by atoms with Gasteiger partial charge in [0.05, 0.1) is 36.1 Å². The Morgan fingerprint density at radius 2 is 1.91 bits per heavy atom. The Bertz CT molecular complexity index is 1840. The van der Waals surface area contributed by atoms with Gasteiger partial charge in [0.25, 0.3) is 0 Å². The molecule has 6 rings (SSSR count). The number of allylic oxidation sites excluding steroid dienone is 1. The first-order valence-electron chi connectivity index (χ1n) is 18.2. The van der Waals surface area contributed by atoms with Crippen LogP contribution < -0.4 is 5.32 Å². The van der Waals surface area contributed by atoms with Crippen LogP contribution in [0.5, 0.6) is 0 Å². The summed E-state index contributed by atoms with van der Waals surface area (Å²) in [5.74, 6) is -3.79. The van der Waals surface area contributed by atoms with Crippen molar-refractivity contribution < 1.29 is 38.5 Å². The second kappa shape index (κ2) is 17.4. The van der Waals surface area contributed by atoms with Crippen LogP contribution in [0.1, 0.15) is 43.8 Å². The van der Waals surface area contributed by atoms with E-state index in [1.807, 2.05) is 42.5 Å². The first-order chi connectivity index (χ1) is 26.2. The van der Waals surface area contributed by atoms with Crippen LogP contribution in [0.25, 0.3) is 11.0 Å². The molecule has 288 valence electrons.